The van der Waals surface area contributed by atoms with Crippen molar-refractivity contribution in [3.63, 3.8) is 0 Å². The molecule has 0 rings (SSSR count). The van der Waals surface area contributed by atoms with Gasteiger partial charge in [-0.15, -0.1) is 0 Å². The standard InChI is InChI=1S/C63H102O6/c1-4-7-10-13-16-19-22-25-28-29-30-31-32-33-36-38-41-44-47-50-53-56-62(65)68-59-60(69-63(66)57-54-51-48-45-42-39-35-27-24-21-18-15-12-9-6-3)58-67-61(64)55-52-49-46-43-40-37-34-26-23-20-17-14-11-8-5-2/h7,9-10,12,16-21,25-28,30-31,34-35,42,45,60H,4-6,8,11,13-15,22-24,29,32-33,36-41,43-44,46-59H2,1-3H3/b10-7-,12-9-,19-16-,20-17-,21-18-,28-25-,31-30-,34-26-,35-27-,45-42-. The average Bonchev–Trinajstić information content (AvgIpc) is 3.35. The van der Waals surface area contributed by atoms with Crippen LogP contribution in [0.1, 0.15) is 239 Å². The smallest absolute Gasteiger partial charge is 0.306 e. The number of hydrogen-bond donors (Lipinski definition) is 0. The van der Waals surface area contributed by atoms with Gasteiger partial charge in [-0.05, 0) is 128 Å². The van der Waals surface area contributed by atoms with Crippen molar-refractivity contribution in [3.05, 3.63) is 122 Å². The number of carbonyl (C=O) groups is 3. The van der Waals surface area contributed by atoms with E-state index in [2.05, 4.69) is 142 Å². The van der Waals surface area contributed by atoms with Gasteiger partial charge in [0.1, 0.15) is 13.2 Å². The van der Waals surface area contributed by atoms with Gasteiger partial charge in [0.25, 0.3) is 0 Å². The van der Waals surface area contributed by atoms with Crippen molar-refractivity contribution in [1.82, 2.24) is 0 Å². The van der Waals surface area contributed by atoms with Gasteiger partial charge in [-0.2, -0.15) is 0 Å². The third-order valence-corrected chi connectivity index (χ3v) is 11.4. The largest absolute Gasteiger partial charge is 0.462 e. The van der Waals surface area contributed by atoms with E-state index in [1.54, 1.807) is 0 Å². The maximum Gasteiger partial charge on any atom is 0.306 e. The molecule has 0 aliphatic rings. The molecule has 0 N–H and O–H groups in total. The molecule has 0 aromatic heterocycles. The SMILES string of the molecule is CC/C=C\C/C=C\C/C=C\C/C=C\CCCCCCCCCCC(=O)OCC(COC(=O)CCCCCCC/C=C\C/C=C\CCCCC)OC(=O)CCCC/C=C\C/C=C\C/C=C\C/C=C\CC. The number of unbranched alkanes of at least 4 members (excludes halogenated alkanes) is 18. The molecular formula is C63H102O6. The van der Waals surface area contributed by atoms with Crippen molar-refractivity contribution in [3.8, 4) is 0 Å². The van der Waals surface area contributed by atoms with Crippen molar-refractivity contribution < 1.29 is 28.6 Å². The fourth-order valence-corrected chi connectivity index (χ4v) is 7.28. The van der Waals surface area contributed by atoms with Crippen molar-refractivity contribution in [2.75, 3.05) is 13.2 Å². The first kappa shape index (κ1) is 64.8. The van der Waals surface area contributed by atoms with E-state index in [0.29, 0.717) is 19.3 Å². The molecule has 0 saturated carbocycles. The van der Waals surface area contributed by atoms with Crippen LogP contribution in [0.5, 0.6) is 0 Å². The molecule has 390 valence electrons. The first-order valence-corrected chi connectivity index (χ1v) is 28.0. The molecule has 69 heavy (non-hydrogen) atoms. The Labute approximate surface area is 424 Å². The Balaban J connectivity index is 4.47. The monoisotopic (exact) mass is 955 g/mol. The highest BCUT2D eigenvalue weighted by Gasteiger charge is 2.19. The summed E-state index contributed by atoms with van der Waals surface area (Å²) >= 11 is 0. The molecule has 0 amide bonds. The minimum Gasteiger partial charge on any atom is -0.462 e. The van der Waals surface area contributed by atoms with Gasteiger partial charge in [-0.1, -0.05) is 213 Å². The molecular weight excluding hydrogens is 853 g/mol. The first-order valence-electron chi connectivity index (χ1n) is 28.0. The van der Waals surface area contributed by atoms with Crippen LogP contribution >= 0.6 is 0 Å². The number of rotatable bonds is 49. The maximum atomic E-state index is 12.8. The van der Waals surface area contributed by atoms with Crippen LogP contribution in [0.15, 0.2) is 122 Å². The predicted molar refractivity (Wildman–Crippen MR) is 297 cm³/mol. The van der Waals surface area contributed by atoms with Gasteiger partial charge in [-0.25, -0.2) is 0 Å². The number of allylic oxidation sites excluding steroid dienone is 20. The summed E-state index contributed by atoms with van der Waals surface area (Å²) < 4.78 is 16.8. The van der Waals surface area contributed by atoms with Crippen LogP contribution in [0.4, 0.5) is 0 Å². The summed E-state index contributed by atoms with van der Waals surface area (Å²) in [4.78, 5) is 38.1. The molecule has 0 spiro atoms. The Morgan fingerprint density at radius 1 is 0.304 bits per heavy atom. The summed E-state index contributed by atoms with van der Waals surface area (Å²) in [7, 11) is 0. The lowest BCUT2D eigenvalue weighted by Crippen LogP contribution is -2.30. The Morgan fingerprint density at radius 2 is 0.565 bits per heavy atom. The molecule has 0 heterocycles. The van der Waals surface area contributed by atoms with Crippen molar-refractivity contribution in [1.29, 1.82) is 0 Å². The Kier molecular flexibility index (Phi) is 53.0. The van der Waals surface area contributed by atoms with E-state index in [9.17, 15) is 14.4 Å². The van der Waals surface area contributed by atoms with Gasteiger partial charge in [-0.3, -0.25) is 14.4 Å². The molecule has 0 aromatic rings. The molecule has 0 bridgehead atoms. The van der Waals surface area contributed by atoms with E-state index in [4.69, 9.17) is 14.2 Å². The Bertz CT molecular complexity index is 1470. The van der Waals surface area contributed by atoms with Crippen LogP contribution in [0.25, 0.3) is 0 Å². The topological polar surface area (TPSA) is 78.9 Å². The zero-order valence-corrected chi connectivity index (χ0v) is 44.5. The zero-order chi connectivity index (χ0) is 50.0. The molecule has 0 radical (unpaired) electrons. The highest BCUT2D eigenvalue weighted by Crippen LogP contribution is 2.13. The highest BCUT2D eigenvalue weighted by atomic mass is 16.6. The molecule has 1 unspecified atom stereocenters. The normalized spacial score (nSPS) is 13.0. The fourth-order valence-electron chi connectivity index (χ4n) is 7.28. The second-order valence-electron chi connectivity index (χ2n) is 18.1. The highest BCUT2D eigenvalue weighted by molar-refractivity contribution is 5.71. The van der Waals surface area contributed by atoms with Crippen LogP contribution in [0.3, 0.4) is 0 Å². The predicted octanol–water partition coefficient (Wildman–Crippen LogP) is 18.9. The molecule has 0 aliphatic heterocycles. The van der Waals surface area contributed by atoms with Gasteiger partial charge >= 0.3 is 17.9 Å². The van der Waals surface area contributed by atoms with Gasteiger partial charge in [0.15, 0.2) is 6.10 Å². The molecule has 6 nitrogen and oxygen atoms in total. The Hall–Kier alpha value is -4.19. The summed E-state index contributed by atoms with van der Waals surface area (Å²) in [6.07, 6.45) is 77.6. The van der Waals surface area contributed by atoms with E-state index in [0.717, 1.165) is 135 Å². The van der Waals surface area contributed by atoms with Crippen molar-refractivity contribution in [2.45, 2.75) is 245 Å². The van der Waals surface area contributed by atoms with Crippen LogP contribution in [-0.4, -0.2) is 37.2 Å². The second kappa shape index (κ2) is 56.4. The van der Waals surface area contributed by atoms with Crippen molar-refractivity contribution >= 4 is 17.9 Å². The van der Waals surface area contributed by atoms with Crippen LogP contribution in [0, 0.1) is 0 Å². The molecule has 0 saturated heterocycles. The van der Waals surface area contributed by atoms with Crippen LogP contribution in [0.2, 0.25) is 0 Å². The molecule has 6 heteroatoms. The average molecular weight is 956 g/mol. The minimum atomic E-state index is -0.813. The van der Waals surface area contributed by atoms with Crippen LogP contribution < -0.4 is 0 Å². The number of carbonyl (C=O) groups excluding carboxylic acids is 3. The van der Waals surface area contributed by atoms with E-state index < -0.39 is 6.10 Å². The summed E-state index contributed by atoms with van der Waals surface area (Å²) in [6, 6.07) is 0. The molecule has 0 aromatic carbocycles. The van der Waals surface area contributed by atoms with Crippen LogP contribution in [-0.2, 0) is 28.6 Å². The van der Waals surface area contributed by atoms with Gasteiger partial charge in [0.2, 0.25) is 0 Å². The lowest BCUT2D eigenvalue weighted by atomic mass is 10.1. The third kappa shape index (κ3) is 54.6. The first-order chi connectivity index (χ1) is 34.0. The second-order valence-corrected chi connectivity index (χ2v) is 18.1. The quantitative estimate of drug-likeness (QED) is 0.0262. The van der Waals surface area contributed by atoms with E-state index in [-0.39, 0.29) is 37.5 Å². The number of hydrogen-bond acceptors (Lipinski definition) is 6. The summed E-state index contributed by atoms with van der Waals surface area (Å²) in [6.45, 7) is 6.33. The summed E-state index contributed by atoms with van der Waals surface area (Å²) in [5.74, 6) is -0.973. The maximum absolute atomic E-state index is 12.8. The fraction of sp³-hybridized carbons (Fsp3) is 0.635. The third-order valence-electron chi connectivity index (χ3n) is 11.4. The number of esters is 3. The lowest BCUT2D eigenvalue weighted by molar-refractivity contribution is -0.167. The van der Waals surface area contributed by atoms with E-state index in [1.807, 2.05) is 0 Å². The van der Waals surface area contributed by atoms with Gasteiger partial charge in [0.05, 0.1) is 0 Å². The van der Waals surface area contributed by atoms with E-state index >= 15 is 0 Å². The molecule has 1 atom stereocenters. The molecule has 0 fully saturated rings. The summed E-state index contributed by atoms with van der Waals surface area (Å²) in [5.41, 5.74) is 0. The van der Waals surface area contributed by atoms with E-state index in [1.165, 1.54) is 57.8 Å². The van der Waals surface area contributed by atoms with Gasteiger partial charge < -0.3 is 14.2 Å². The molecule has 0 aliphatic carbocycles. The zero-order valence-electron chi connectivity index (χ0n) is 44.5. The van der Waals surface area contributed by atoms with Gasteiger partial charge in [0, 0.05) is 19.3 Å². The Morgan fingerprint density at radius 3 is 0.913 bits per heavy atom. The number of ether oxygens (including phenoxy) is 3. The van der Waals surface area contributed by atoms with Crippen molar-refractivity contribution in [2.24, 2.45) is 0 Å². The summed E-state index contributed by atoms with van der Waals surface area (Å²) in [5, 5.41) is 0. The minimum absolute atomic E-state index is 0.107. The lowest BCUT2D eigenvalue weighted by Gasteiger charge is -2.18.